The first-order chi connectivity index (χ1) is 5.70. The Bertz CT molecular complexity index is 271. The fourth-order valence-corrected chi connectivity index (χ4v) is 1.04. The topological polar surface area (TPSA) is 57.8 Å². The Morgan fingerprint density at radius 2 is 2.58 bits per heavy atom. The third-order valence-electron chi connectivity index (χ3n) is 1.41. The van der Waals surface area contributed by atoms with Crippen molar-refractivity contribution in [2.24, 2.45) is 0 Å². The van der Waals surface area contributed by atoms with Crippen molar-refractivity contribution in [3.05, 3.63) is 17.2 Å². The van der Waals surface area contributed by atoms with E-state index in [1.807, 2.05) is 0 Å². The van der Waals surface area contributed by atoms with Gasteiger partial charge in [-0.15, -0.1) is 0 Å². The molecule has 2 N–H and O–H groups in total. The van der Waals surface area contributed by atoms with E-state index in [2.05, 4.69) is 15.3 Å². The summed E-state index contributed by atoms with van der Waals surface area (Å²) < 4.78 is 0. The standard InChI is InChI=1S/C7H10ClN3O/c1-5(12)9-3-2-6-7(8)11-4-10-6/h4H,2-3H2,1H3,(H,9,12)(H,10,11). The van der Waals surface area contributed by atoms with Crippen LogP contribution in [0.1, 0.15) is 12.6 Å². The number of imidazole rings is 1. The SMILES string of the molecule is CC(=O)NCCc1[nH]cnc1Cl. The number of nitrogens with one attached hydrogen (secondary N) is 2. The molecule has 4 nitrogen and oxygen atoms in total. The number of rotatable bonds is 3. The second-order valence-electron chi connectivity index (χ2n) is 2.40. The van der Waals surface area contributed by atoms with Crippen molar-refractivity contribution in [3.8, 4) is 0 Å². The van der Waals surface area contributed by atoms with Crippen LogP contribution in [0.5, 0.6) is 0 Å². The molecule has 12 heavy (non-hydrogen) atoms. The molecule has 1 rings (SSSR count). The van der Waals surface area contributed by atoms with Crippen LogP contribution in [-0.4, -0.2) is 22.4 Å². The van der Waals surface area contributed by atoms with Crippen LogP contribution in [0.4, 0.5) is 0 Å². The average molecular weight is 188 g/mol. The molecule has 0 unspecified atom stereocenters. The molecular formula is C7H10ClN3O. The summed E-state index contributed by atoms with van der Waals surface area (Å²) in [6.45, 7) is 2.06. The van der Waals surface area contributed by atoms with Gasteiger partial charge in [0.1, 0.15) is 5.15 Å². The third-order valence-corrected chi connectivity index (χ3v) is 1.74. The maximum absolute atomic E-state index is 10.5. The van der Waals surface area contributed by atoms with Crippen LogP contribution in [-0.2, 0) is 11.2 Å². The van der Waals surface area contributed by atoms with Gasteiger partial charge < -0.3 is 10.3 Å². The molecule has 0 radical (unpaired) electrons. The van der Waals surface area contributed by atoms with E-state index >= 15 is 0 Å². The van der Waals surface area contributed by atoms with Gasteiger partial charge in [-0.25, -0.2) is 4.98 Å². The van der Waals surface area contributed by atoms with E-state index in [0.29, 0.717) is 18.1 Å². The molecule has 0 aliphatic heterocycles. The third kappa shape index (κ3) is 2.54. The van der Waals surface area contributed by atoms with Gasteiger partial charge in [0.25, 0.3) is 0 Å². The van der Waals surface area contributed by atoms with Crippen LogP contribution >= 0.6 is 11.6 Å². The first-order valence-electron chi connectivity index (χ1n) is 3.62. The molecule has 0 saturated heterocycles. The molecule has 66 valence electrons. The predicted molar refractivity (Wildman–Crippen MR) is 46.0 cm³/mol. The smallest absolute Gasteiger partial charge is 0.216 e. The summed E-state index contributed by atoms with van der Waals surface area (Å²) in [5.74, 6) is -0.0364. The Morgan fingerprint density at radius 3 is 3.08 bits per heavy atom. The van der Waals surface area contributed by atoms with E-state index in [1.54, 1.807) is 0 Å². The number of aromatic nitrogens is 2. The van der Waals surface area contributed by atoms with E-state index in [9.17, 15) is 4.79 Å². The normalized spacial score (nSPS) is 9.83. The van der Waals surface area contributed by atoms with Gasteiger partial charge in [0.15, 0.2) is 0 Å². The Morgan fingerprint density at radius 1 is 1.83 bits per heavy atom. The van der Waals surface area contributed by atoms with Crippen LogP contribution < -0.4 is 5.32 Å². The number of aromatic amines is 1. The summed E-state index contributed by atoms with van der Waals surface area (Å²) in [6, 6.07) is 0. The van der Waals surface area contributed by atoms with Crippen LogP contribution in [0, 0.1) is 0 Å². The number of H-pyrrole nitrogens is 1. The Labute approximate surface area is 75.3 Å². The van der Waals surface area contributed by atoms with Crippen LogP contribution in [0.25, 0.3) is 0 Å². The number of hydrogen-bond donors (Lipinski definition) is 2. The minimum atomic E-state index is -0.0364. The monoisotopic (exact) mass is 187 g/mol. The molecule has 1 aromatic rings. The maximum atomic E-state index is 10.5. The minimum absolute atomic E-state index is 0.0364. The molecule has 1 amide bonds. The maximum Gasteiger partial charge on any atom is 0.216 e. The molecule has 0 fully saturated rings. The van der Waals surface area contributed by atoms with E-state index < -0.39 is 0 Å². The summed E-state index contributed by atoms with van der Waals surface area (Å²) in [6.07, 6.45) is 2.21. The number of nitrogens with zero attached hydrogens (tertiary/aromatic N) is 1. The van der Waals surface area contributed by atoms with Crippen LogP contribution in [0.15, 0.2) is 6.33 Å². The minimum Gasteiger partial charge on any atom is -0.356 e. The molecule has 0 aliphatic rings. The zero-order valence-electron chi connectivity index (χ0n) is 6.72. The van der Waals surface area contributed by atoms with Crippen molar-refractivity contribution in [2.75, 3.05) is 6.54 Å². The highest BCUT2D eigenvalue weighted by Crippen LogP contribution is 2.08. The lowest BCUT2D eigenvalue weighted by Gasteiger charge is -1.99. The van der Waals surface area contributed by atoms with E-state index in [0.717, 1.165) is 5.69 Å². The highest BCUT2D eigenvalue weighted by atomic mass is 35.5. The van der Waals surface area contributed by atoms with Gasteiger partial charge in [0, 0.05) is 19.9 Å². The number of hydrogen-bond acceptors (Lipinski definition) is 2. The van der Waals surface area contributed by atoms with Crippen molar-refractivity contribution in [1.82, 2.24) is 15.3 Å². The van der Waals surface area contributed by atoms with Gasteiger partial charge in [-0.05, 0) is 0 Å². The number of amides is 1. The molecule has 0 saturated carbocycles. The predicted octanol–water partition coefficient (Wildman–Crippen LogP) is 0.742. The summed E-state index contributed by atoms with van der Waals surface area (Å²) in [4.78, 5) is 17.2. The largest absolute Gasteiger partial charge is 0.356 e. The summed E-state index contributed by atoms with van der Waals surface area (Å²) in [5, 5.41) is 3.14. The second-order valence-corrected chi connectivity index (χ2v) is 2.76. The highest BCUT2D eigenvalue weighted by molar-refractivity contribution is 6.30. The lowest BCUT2D eigenvalue weighted by atomic mass is 10.3. The fourth-order valence-electron chi connectivity index (χ4n) is 0.843. The van der Waals surface area contributed by atoms with Crippen molar-refractivity contribution in [3.63, 3.8) is 0 Å². The zero-order chi connectivity index (χ0) is 8.97. The second kappa shape index (κ2) is 4.11. The van der Waals surface area contributed by atoms with Crippen LogP contribution in [0.3, 0.4) is 0 Å². The Kier molecular flexibility index (Phi) is 3.10. The number of carbonyl (C=O) groups is 1. The highest BCUT2D eigenvalue weighted by Gasteiger charge is 2.01. The molecule has 0 bridgehead atoms. The molecule has 0 spiro atoms. The quantitative estimate of drug-likeness (QED) is 0.734. The molecule has 5 heteroatoms. The van der Waals surface area contributed by atoms with Gasteiger partial charge in [-0.1, -0.05) is 11.6 Å². The van der Waals surface area contributed by atoms with Crippen molar-refractivity contribution < 1.29 is 4.79 Å². The van der Waals surface area contributed by atoms with Gasteiger partial charge >= 0.3 is 0 Å². The first-order valence-corrected chi connectivity index (χ1v) is 4.00. The molecule has 0 aromatic carbocycles. The van der Waals surface area contributed by atoms with Crippen LogP contribution in [0.2, 0.25) is 5.15 Å². The lowest BCUT2D eigenvalue weighted by molar-refractivity contribution is -0.118. The lowest BCUT2D eigenvalue weighted by Crippen LogP contribution is -2.22. The zero-order valence-corrected chi connectivity index (χ0v) is 7.48. The molecular weight excluding hydrogens is 178 g/mol. The van der Waals surface area contributed by atoms with Crippen molar-refractivity contribution >= 4 is 17.5 Å². The first kappa shape index (κ1) is 9.06. The Hall–Kier alpha value is -1.03. The Balaban J connectivity index is 2.33. The summed E-state index contributed by atoms with van der Waals surface area (Å²) in [7, 11) is 0. The fraction of sp³-hybridized carbons (Fsp3) is 0.429. The van der Waals surface area contributed by atoms with E-state index in [-0.39, 0.29) is 5.91 Å². The summed E-state index contributed by atoms with van der Waals surface area (Å²) in [5.41, 5.74) is 0.852. The van der Waals surface area contributed by atoms with Crippen molar-refractivity contribution in [2.45, 2.75) is 13.3 Å². The number of halogens is 1. The molecule has 0 aliphatic carbocycles. The molecule has 0 atom stereocenters. The van der Waals surface area contributed by atoms with E-state index in [4.69, 9.17) is 11.6 Å². The van der Waals surface area contributed by atoms with Crippen molar-refractivity contribution in [1.29, 1.82) is 0 Å². The van der Waals surface area contributed by atoms with Gasteiger partial charge in [0.2, 0.25) is 5.91 Å². The van der Waals surface area contributed by atoms with Gasteiger partial charge in [-0.3, -0.25) is 4.79 Å². The molecule has 1 heterocycles. The number of carbonyl (C=O) groups excluding carboxylic acids is 1. The average Bonchev–Trinajstić information content (AvgIpc) is 2.36. The van der Waals surface area contributed by atoms with Gasteiger partial charge in [-0.2, -0.15) is 0 Å². The molecule has 1 aromatic heterocycles. The van der Waals surface area contributed by atoms with Gasteiger partial charge in [0.05, 0.1) is 12.0 Å². The van der Waals surface area contributed by atoms with E-state index in [1.165, 1.54) is 13.3 Å². The summed E-state index contributed by atoms with van der Waals surface area (Å²) >= 11 is 5.70.